The molecule has 100 valence electrons. The van der Waals surface area contributed by atoms with Crippen LogP contribution in [0.25, 0.3) is 0 Å². The molecule has 0 spiro atoms. The first-order valence-electron chi connectivity index (χ1n) is 6.21. The highest BCUT2D eigenvalue weighted by atomic mass is 16.5. The monoisotopic (exact) mass is 243 g/mol. The van der Waals surface area contributed by atoms with Crippen LogP contribution in [0.1, 0.15) is 40.5 Å². The normalized spacial score (nSPS) is 10.8. The summed E-state index contributed by atoms with van der Waals surface area (Å²) in [5, 5.41) is 0. The van der Waals surface area contributed by atoms with Crippen LogP contribution < -0.4 is 0 Å². The summed E-state index contributed by atoms with van der Waals surface area (Å²) in [5.41, 5.74) is 0. The molecule has 0 aliphatic carbocycles. The molecule has 0 saturated heterocycles. The lowest BCUT2D eigenvalue weighted by molar-refractivity contribution is -0.143. The second kappa shape index (κ2) is 8.09. The number of nitrogens with zero attached hydrogens (tertiary/aromatic N) is 1. The van der Waals surface area contributed by atoms with Crippen LogP contribution in [0.3, 0.4) is 0 Å². The van der Waals surface area contributed by atoms with E-state index in [-0.39, 0.29) is 24.7 Å². The van der Waals surface area contributed by atoms with Crippen molar-refractivity contribution in [2.45, 2.75) is 40.5 Å². The Kier molecular flexibility index (Phi) is 7.59. The Balaban J connectivity index is 4.26. The van der Waals surface area contributed by atoms with Gasteiger partial charge in [-0.1, -0.05) is 27.7 Å². The molecule has 0 N–H and O–H groups in total. The van der Waals surface area contributed by atoms with E-state index in [4.69, 9.17) is 0 Å². The molecular formula is C13H25NO3. The maximum atomic E-state index is 12.0. The summed E-state index contributed by atoms with van der Waals surface area (Å²) in [5.74, 6) is 0.594. The Morgan fingerprint density at radius 3 is 1.82 bits per heavy atom. The van der Waals surface area contributed by atoms with E-state index in [1.807, 2.05) is 4.90 Å². The third-order valence-electron chi connectivity index (χ3n) is 2.29. The number of hydrogen-bond acceptors (Lipinski definition) is 3. The molecule has 0 fully saturated rings. The molecule has 1 amide bonds. The van der Waals surface area contributed by atoms with Crippen molar-refractivity contribution in [2.75, 3.05) is 20.2 Å². The SMILES string of the molecule is COC(=O)CCC(=O)N(CC(C)C)CC(C)C. The fourth-order valence-corrected chi connectivity index (χ4v) is 1.63. The van der Waals surface area contributed by atoms with Gasteiger partial charge < -0.3 is 9.64 Å². The van der Waals surface area contributed by atoms with Crippen molar-refractivity contribution < 1.29 is 14.3 Å². The van der Waals surface area contributed by atoms with E-state index >= 15 is 0 Å². The van der Waals surface area contributed by atoms with E-state index in [2.05, 4.69) is 32.4 Å². The predicted octanol–water partition coefficient (Wildman–Crippen LogP) is 2.08. The number of hydrogen-bond donors (Lipinski definition) is 0. The van der Waals surface area contributed by atoms with Crippen LogP contribution in [0, 0.1) is 11.8 Å². The highest BCUT2D eigenvalue weighted by molar-refractivity contribution is 5.81. The topological polar surface area (TPSA) is 46.6 Å². The van der Waals surface area contributed by atoms with E-state index in [1.165, 1.54) is 7.11 Å². The summed E-state index contributed by atoms with van der Waals surface area (Å²) in [6.07, 6.45) is 0.411. The van der Waals surface area contributed by atoms with E-state index in [1.54, 1.807) is 0 Å². The molecule has 0 radical (unpaired) electrons. The number of ether oxygens (including phenoxy) is 1. The minimum absolute atomic E-state index is 0.0396. The smallest absolute Gasteiger partial charge is 0.306 e. The highest BCUT2D eigenvalue weighted by Crippen LogP contribution is 2.07. The van der Waals surface area contributed by atoms with Gasteiger partial charge in [-0.3, -0.25) is 9.59 Å². The van der Waals surface area contributed by atoms with E-state index in [0.717, 1.165) is 13.1 Å². The molecule has 0 aliphatic rings. The average molecular weight is 243 g/mol. The standard InChI is InChI=1S/C13H25NO3/c1-10(2)8-14(9-11(3)4)12(15)6-7-13(16)17-5/h10-11H,6-9H2,1-5H3. The molecular weight excluding hydrogens is 218 g/mol. The van der Waals surface area contributed by atoms with Gasteiger partial charge in [0.15, 0.2) is 0 Å². The Hall–Kier alpha value is -1.06. The van der Waals surface area contributed by atoms with Crippen molar-refractivity contribution in [1.29, 1.82) is 0 Å². The fraction of sp³-hybridized carbons (Fsp3) is 0.846. The van der Waals surface area contributed by atoms with Gasteiger partial charge in [0.05, 0.1) is 13.5 Å². The van der Waals surface area contributed by atoms with Gasteiger partial charge in [-0.25, -0.2) is 0 Å². The van der Waals surface area contributed by atoms with Crippen LogP contribution in [0.15, 0.2) is 0 Å². The molecule has 0 atom stereocenters. The summed E-state index contributed by atoms with van der Waals surface area (Å²) < 4.78 is 4.53. The number of rotatable bonds is 7. The molecule has 0 aromatic rings. The van der Waals surface area contributed by atoms with Crippen LogP contribution in [0.5, 0.6) is 0 Å². The summed E-state index contributed by atoms with van der Waals surface area (Å²) in [6.45, 7) is 9.83. The Morgan fingerprint density at radius 2 is 1.47 bits per heavy atom. The lowest BCUT2D eigenvalue weighted by Crippen LogP contribution is -2.37. The molecule has 4 nitrogen and oxygen atoms in total. The first kappa shape index (κ1) is 15.9. The fourth-order valence-electron chi connectivity index (χ4n) is 1.63. The van der Waals surface area contributed by atoms with E-state index in [0.29, 0.717) is 11.8 Å². The van der Waals surface area contributed by atoms with Crippen LogP contribution in [0.2, 0.25) is 0 Å². The summed E-state index contributed by atoms with van der Waals surface area (Å²) in [6, 6.07) is 0. The summed E-state index contributed by atoms with van der Waals surface area (Å²) in [4.78, 5) is 24.8. The lowest BCUT2D eigenvalue weighted by Gasteiger charge is -2.26. The van der Waals surface area contributed by atoms with Crippen molar-refractivity contribution in [1.82, 2.24) is 4.90 Å². The molecule has 4 heteroatoms. The third-order valence-corrected chi connectivity index (χ3v) is 2.29. The lowest BCUT2D eigenvalue weighted by atomic mass is 10.1. The van der Waals surface area contributed by atoms with E-state index in [9.17, 15) is 9.59 Å². The molecule has 17 heavy (non-hydrogen) atoms. The minimum Gasteiger partial charge on any atom is -0.469 e. The van der Waals surface area contributed by atoms with Gasteiger partial charge in [-0.05, 0) is 11.8 Å². The first-order valence-corrected chi connectivity index (χ1v) is 6.21. The number of carbonyl (C=O) groups excluding carboxylic acids is 2. The Labute approximate surface area is 104 Å². The molecule has 0 aromatic heterocycles. The van der Waals surface area contributed by atoms with Gasteiger partial charge >= 0.3 is 5.97 Å². The van der Waals surface area contributed by atoms with Crippen LogP contribution in [-0.2, 0) is 14.3 Å². The van der Waals surface area contributed by atoms with E-state index < -0.39 is 0 Å². The molecule has 0 aliphatic heterocycles. The van der Waals surface area contributed by atoms with Crippen molar-refractivity contribution in [3.63, 3.8) is 0 Å². The predicted molar refractivity (Wildman–Crippen MR) is 67.5 cm³/mol. The molecule has 0 unspecified atom stereocenters. The van der Waals surface area contributed by atoms with Gasteiger partial charge in [0, 0.05) is 19.5 Å². The van der Waals surface area contributed by atoms with Gasteiger partial charge in [0.2, 0.25) is 5.91 Å². The quantitative estimate of drug-likeness (QED) is 0.643. The third kappa shape index (κ3) is 7.77. The zero-order valence-electron chi connectivity index (χ0n) is 11.7. The van der Waals surface area contributed by atoms with Crippen LogP contribution in [-0.4, -0.2) is 37.0 Å². The number of carbonyl (C=O) groups is 2. The highest BCUT2D eigenvalue weighted by Gasteiger charge is 2.17. The second-order valence-corrected chi connectivity index (χ2v) is 5.16. The Bertz CT molecular complexity index is 239. The molecule has 0 bridgehead atoms. The van der Waals surface area contributed by atoms with Crippen molar-refractivity contribution in [3.05, 3.63) is 0 Å². The van der Waals surface area contributed by atoms with Gasteiger partial charge in [-0.2, -0.15) is 0 Å². The van der Waals surface area contributed by atoms with Crippen molar-refractivity contribution >= 4 is 11.9 Å². The molecule has 0 aromatic carbocycles. The zero-order chi connectivity index (χ0) is 13.4. The van der Waals surface area contributed by atoms with Crippen molar-refractivity contribution in [2.24, 2.45) is 11.8 Å². The van der Waals surface area contributed by atoms with Crippen LogP contribution >= 0.6 is 0 Å². The van der Waals surface area contributed by atoms with Crippen molar-refractivity contribution in [3.8, 4) is 0 Å². The molecule has 0 saturated carbocycles. The first-order chi connectivity index (χ1) is 7.86. The maximum Gasteiger partial charge on any atom is 0.306 e. The summed E-state index contributed by atoms with van der Waals surface area (Å²) >= 11 is 0. The number of methoxy groups -OCH3 is 1. The van der Waals surface area contributed by atoms with Crippen LogP contribution in [0.4, 0.5) is 0 Å². The number of esters is 1. The minimum atomic E-state index is -0.326. The molecule has 0 rings (SSSR count). The average Bonchev–Trinajstić information content (AvgIpc) is 2.23. The Morgan fingerprint density at radius 1 is 1.00 bits per heavy atom. The second-order valence-electron chi connectivity index (χ2n) is 5.16. The maximum absolute atomic E-state index is 12.0. The number of amides is 1. The van der Waals surface area contributed by atoms with Gasteiger partial charge in [0.25, 0.3) is 0 Å². The van der Waals surface area contributed by atoms with Gasteiger partial charge in [-0.15, -0.1) is 0 Å². The molecule has 0 heterocycles. The largest absolute Gasteiger partial charge is 0.469 e. The summed E-state index contributed by atoms with van der Waals surface area (Å²) in [7, 11) is 1.34. The zero-order valence-corrected chi connectivity index (χ0v) is 11.7. The van der Waals surface area contributed by atoms with Gasteiger partial charge in [0.1, 0.15) is 0 Å².